The van der Waals surface area contributed by atoms with E-state index in [1.807, 2.05) is 34.1 Å². The van der Waals surface area contributed by atoms with Crippen molar-refractivity contribution in [3.05, 3.63) is 81.7 Å². The Hall–Kier alpha value is -4.52. The van der Waals surface area contributed by atoms with Gasteiger partial charge in [0.15, 0.2) is 11.9 Å². The lowest BCUT2D eigenvalue weighted by Crippen LogP contribution is -2.37. The third-order valence-corrected chi connectivity index (χ3v) is 15.3. The summed E-state index contributed by atoms with van der Waals surface area (Å²) in [6.07, 6.45) is 18.4. The van der Waals surface area contributed by atoms with E-state index in [1.165, 1.54) is 69.8 Å². The van der Waals surface area contributed by atoms with Gasteiger partial charge in [0.25, 0.3) is 0 Å². The lowest BCUT2D eigenvalue weighted by Gasteiger charge is -2.24. The third-order valence-electron chi connectivity index (χ3n) is 14.6. The Morgan fingerprint density at radius 2 is 1.48 bits per heavy atom. The summed E-state index contributed by atoms with van der Waals surface area (Å²) in [5.74, 6) is -1.12. The van der Waals surface area contributed by atoms with Crippen molar-refractivity contribution >= 4 is 59.7 Å². The smallest absolute Gasteiger partial charge is 0.330 e. The van der Waals surface area contributed by atoms with Crippen LogP contribution in [-0.2, 0) is 45.7 Å². The molecule has 0 fully saturated rings. The van der Waals surface area contributed by atoms with Crippen molar-refractivity contribution in [2.45, 2.75) is 175 Å². The molecule has 3 aliphatic heterocycles. The number of allylic oxidation sites excluding steroid dienone is 5. The van der Waals surface area contributed by atoms with Gasteiger partial charge < -0.3 is 37.9 Å². The first-order chi connectivity index (χ1) is 34.0. The molecule has 2 aromatic rings. The van der Waals surface area contributed by atoms with Crippen molar-refractivity contribution in [3.8, 4) is 0 Å². The summed E-state index contributed by atoms with van der Waals surface area (Å²) in [5.41, 5.74) is 13.4. The molecule has 13 nitrogen and oxygen atoms in total. The van der Waals surface area contributed by atoms with Crippen molar-refractivity contribution in [1.29, 1.82) is 0 Å². The number of Topliss-reactive ketones (excluding diaryl/α,β-unsaturated/α-hetero) is 1. The molecule has 0 saturated heterocycles. The summed E-state index contributed by atoms with van der Waals surface area (Å²) in [5, 5.41) is 0. The number of ether oxygens (including phenoxy) is 2. The number of quaternary nitrogens is 1. The van der Waals surface area contributed by atoms with Gasteiger partial charge in [-0.05, 0) is 80.5 Å². The lowest BCUT2D eigenvalue weighted by atomic mass is 9.85. The fraction of sp³-hybridized carbons (Fsp3) is 0.596. The first kappa shape index (κ1) is 55.8. The van der Waals surface area contributed by atoms with E-state index >= 15 is 0 Å². The maximum absolute atomic E-state index is 13.9. The molecular formula is C57H83N5O8P+. The average Bonchev–Trinajstić information content (AvgIpc) is 4.09. The molecule has 8 bridgehead atoms. The van der Waals surface area contributed by atoms with Crippen molar-refractivity contribution < 1.29 is 42.3 Å². The number of aromatic amines is 2. The number of hydrogen-bond acceptors (Lipinski definition) is 10. The van der Waals surface area contributed by atoms with Crippen LogP contribution in [0.3, 0.4) is 0 Å². The predicted octanol–water partition coefficient (Wildman–Crippen LogP) is 12.6. The van der Waals surface area contributed by atoms with Crippen LogP contribution in [0.2, 0.25) is 0 Å². The van der Waals surface area contributed by atoms with E-state index in [9.17, 15) is 19.3 Å². The van der Waals surface area contributed by atoms with Crippen LogP contribution >= 0.6 is 8.60 Å². The maximum atomic E-state index is 13.9. The number of aryl methyl sites for hydroxylation is 2. The van der Waals surface area contributed by atoms with Crippen LogP contribution in [0.25, 0.3) is 33.3 Å². The van der Waals surface area contributed by atoms with Gasteiger partial charge in [0.2, 0.25) is 0 Å². The molecule has 0 aromatic carbocycles. The lowest BCUT2D eigenvalue weighted by molar-refractivity contribution is -0.870. The molecular weight excluding hydrogens is 914 g/mol. The quantitative estimate of drug-likeness (QED) is 0.0309. The molecule has 3 N–H and O–H groups in total. The number of esters is 2. The second kappa shape index (κ2) is 26.4. The van der Waals surface area contributed by atoms with Crippen LogP contribution in [0.15, 0.2) is 30.9 Å². The number of unbranched alkanes of at least 4 members (excludes halogenated alkanes) is 12. The number of carbonyl (C=O) groups is 3. The Morgan fingerprint density at radius 3 is 2.13 bits per heavy atom. The van der Waals surface area contributed by atoms with Crippen molar-refractivity contribution in [2.75, 3.05) is 47.5 Å². The summed E-state index contributed by atoms with van der Waals surface area (Å²) < 4.78 is 23.5. The maximum Gasteiger partial charge on any atom is 0.330 e. The second-order valence-corrected chi connectivity index (χ2v) is 22.0. The molecule has 2 aromatic heterocycles. The molecule has 4 unspecified atom stereocenters. The molecule has 1 aliphatic carbocycles. The average molecular weight is 997 g/mol. The van der Waals surface area contributed by atoms with Crippen LogP contribution in [0.1, 0.15) is 200 Å². The highest BCUT2D eigenvalue weighted by molar-refractivity contribution is 7.40. The normalized spacial score (nSPS) is 17.0. The minimum atomic E-state index is -2.26. The number of carbonyl (C=O) groups excluding carboxylic acids is 3. The van der Waals surface area contributed by atoms with Gasteiger partial charge in [-0.25, -0.2) is 9.97 Å². The zero-order chi connectivity index (χ0) is 51.2. The van der Waals surface area contributed by atoms with Crippen LogP contribution in [0.4, 0.5) is 0 Å². The van der Waals surface area contributed by atoms with E-state index < -0.39 is 20.7 Å². The van der Waals surface area contributed by atoms with Crippen LogP contribution < -0.4 is 0 Å². The summed E-state index contributed by atoms with van der Waals surface area (Å²) in [7, 11) is 3.82. The Bertz CT molecular complexity index is 2500. The molecule has 4 aliphatic rings. The van der Waals surface area contributed by atoms with Gasteiger partial charge in [0.1, 0.15) is 19.8 Å². The topological polar surface area (TPSA) is 166 Å². The van der Waals surface area contributed by atoms with E-state index in [1.54, 1.807) is 0 Å². The number of fused-ring (bicyclic) bond motifs is 8. The molecule has 71 heavy (non-hydrogen) atoms. The van der Waals surface area contributed by atoms with E-state index in [0.717, 1.165) is 93.0 Å². The molecule has 5 heterocycles. The minimum absolute atomic E-state index is 0.0243. The largest absolute Gasteiger partial charge is 0.462 e. The Morgan fingerprint density at radius 1 is 0.831 bits per heavy atom. The number of hydrogen-bond donors (Lipinski definition) is 3. The van der Waals surface area contributed by atoms with Crippen molar-refractivity contribution in [1.82, 2.24) is 19.9 Å². The van der Waals surface area contributed by atoms with Gasteiger partial charge in [-0.2, -0.15) is 0 Å². The fourth-order valence-electron chi connectivity index (χ4n) is 10.2. The Balaban J connectivity index is 1.16. The van der Waals surface area contributed by atoms with Gasteiger partial charge in [0.05, 0.1) is 50.5 Å². The number of nitrogens with zero attached hydrogens (tertiary/aromatic N) is 3. The first-order valence-corrected chi connectivity index (χ1v) is 27.7. The Kier molecular flexibility index (Phi) is 20.8. The number of likely N-dealkylation sites (N-methyl/N-ethyl adjacent to an activating group) is 1. The van der Waals surface area contributed by atoms with Gasteiger partial charge >= 0.3 is 20.5 Å². The highest BCUT2D eigenvalue weighted by atomic mass is 31.2. The van der Waals surface area contributed by atoms with Gasteiger partial charge in [-0.3, -0.25) is 14.4 Å². The Labute approximate surface area is 424 Å². The number of nitrogens with one attached hydrogen (secondary N) is 2. The predicted molar refractivity (Wildman–Crippen MR) is 286 cm³/mol. The number of aromatic nitrogens is 4. The molecule has 0 amide bonds. The summed E-state index contributed by atoms with van der Waals surface area (Å²) in [4.78, 5) is 69.0. The van der Waals surface area contributed by atoms with Crippen LogP contribution in [-0.4, -0.2) is 101 Å². The summed E-state index contributed by atoms with van der Waals surface area (Å²) >= 11 is 0. The van der Waals surface area contributed by atoms with Crippen LogP contribution in [0.5, 0.6) is 0 Å². The van der Waals surface area contributed by atoms with Gasteiger partial charge in [0, 0.05) is 70.2 Å². The van der Waals surface area contributed by atoms with Gasteiger partial charge in [-0.1, -0.05) is 110 Å². The summed E-state index contributed by atoms with van der Waals surface area (Å²) in [6.45, 7) is 17.3. The van der Waals surface area contributed by atoms with Crippen molar-refractivity contribution in [3.63, 3.8) is 0 Å². The number of ketones is 1. The third kappa shape index (κ3) is 15.0. The first-order valence-electron chi connectivity index (χ1n) is 26.6. The highest BCUT2D eigenvalue weighted by Gasteiger charge is 2.38. The van der Waals surface area contributed by atoms with Gasteiger partial charge in [-0.15, -0.1) is 0 Å². The second-order valence-electron chi connectivity index (χ2n) is 21.0. The monoisotopic (exact) mass is 997 g/mol. The molecule has 14 heteroatoms. The summed E-state index contributed by atoms with van der Waals surface area (Å²) in [6, 6.07) is 6.22. The van der Waals surface area contributed by atoms with E-state index in [2.05, 4.69) is 69.4 Å². The van der Waals surface area contributed by atoms with E-state index in [0.29, 0.717) is 28.7 Å². The highest BCUT2D eigenvalue weighted by Crippen LogP contribution is 2.47. The molecule has 4 atom stereocenters. The SMILES string of the molecule is C=CC1=C(C)c2cc3[nH]c(c4c5nc(cc6[nH]c(cc1n2)c(C)c6CC)C(C)=C5C(=O)C4)C(CCC(=O)OC(COC(=O)CCCCCCCCCCCCCCC)COP(O)OCC[N+](C)(C)C)C3C. The van der Waals surface area contributed by atoms with E-state index in [4.69, 9.17) is 28.5 Å². The number of H-pyrrole nitrogens is 2. The number of rotatable bonds is 29. The zero-order valence-electron chi connectivity index (χ0n) is 44.4. The molecule has 0 saturated carbocycles. The molecule has 6 rings (SSSR count). The van der Waals surface area contributed by atoms with E-state index in [-0.39, 0.29) is 62.7 Å². The van der Waals surface area contributed by atoms with Crippen molar-refractivity contribution in [2.24, 2.45) is 0 Å². The molecule has 388 valence electrons. The fourth-order valence-corrected chi connectivity index (χ4v) is 10.8. The minimum Gasteiger partial charge on any atom is -0.462 e. The van der Waals surface area contributed by atoms with Crippen LogP contribution in [0, 0.1) is 6.92 Å². The zero-order valence-corrected chi connectivity index (χ0v) is 45.3. The standard InChI is InChI=1S/C57H82N5O8P/c1-11-14-15-16-17-18-19-20-21-22-23-24-25-26-53(64)67-35-41(36-69-71(66)68-30-29-62(8,9)10)70-54(65)28-27-44-39(6)48-32-46-37(4)42(12-2)50(58-46)33-47-38(5)43(13-3)51(59-47)34-49-40(7)55-52(63)31-45(56(44)60-48)57(55)61-49/h12,32-34,39,41,44,66H,2,11,13-31,35-36H2,1,3-10H3,(H-,58,59,60,61,63)/p+1. The molecule has 0 radical (unpaired) electrons. The molecule has 0 spiro atoms.